The average molecular weight is 648 g/mol. The fourth-order valence-corrected chi connectivity index (χ4v) is 6.33. The molecule has 0 saturated heterocycles. The van der Waals surface area contributed by atoms with Crippen molar-refractivity contribution in [2.24, 2.45) is 11.8 Å². The lowest BCUT2D eigenvalue weighted by Gasteiger charge is -2.28. The first-order valence-electron chi connectivity index (χ1n) is 16.7. The van der Waals surface area contributed by atoms with Gasteiger partial charge in [-0.3, -0.25) is 4.79 Å². The number of nitrogens with one attached hydrogen (secondary N) is 1. The molecule has 1 fully saturated rings. The number of carbonyl (C=O) groups is 2. The summed E-state index contributed by atoms with van der Waals surface area (Å²) >= 11 is 6.15. The molecule has 1 atom stereocenters. The van der Waals surface area contributed by atoms with Crippen molar-refractivity contribution in [3.8, 4) is 0 Å². The predicted molar refractivity (Wildman–Crippen MR) is 193 cm³/mol. The highest BCUT2D eigenvalue weighted by atomic mass is 35.5. The zero-order chi connectivity index (χ0) is 34.4. The first kappa shape index (κ1) is 38.7. The summed E-state index contributed by atoms with van der Waals surface area (Å²) in [5, 5.41) is 12.8. The van der Waals surface area contributed by atoms with E-state index in [2.05, 4.69) is 19.2 Å². The van der Waals surface area contributed by atoms with E-state index in [4.69, 9.17) is 26.7 Å². The highest BCUT2D eigenvalue weighted by Gasteiger charge is 2.34. The highest BCUT2D eigenvalue weighted by Crippen LogP contribution is 2.37. The standard InChI is InChI=1S/C28H30ClN3O3.C9H18.C2H6/c1-6-22(23-13-12-21(29)15-17(23)2)26-31-18(3)25(27(30-5)32-26)28(4,16-33)20-10-7-19(8-11-20)9-14-24(34)35;1-3-9-6-4-8(2)5-7-9;1-2/h6-8,10-13,15-16H,9,14H2,1-5H3,(H,34,35)(H,30,31,32);8-9H,3-7H2,1-2H3;1-2H3/b22-6+;;/t28-;;/m0../s1. The molecule has 2 aromatic carbocycles. The molecule has 0 radical (unpaired) electrons. The van der Waals surface area contributed by atoms with E-state index >= 15 is 0 Å². The van der Waals surface area contributed by atoms with Crippen molar-refractivity contribution in [2.45, 2.75) is 106 Å². The van der Waals surface area contributed by atoms with Crippen molar-refractivity contribution in [1.29, 1.82) is 0 Å². The number of anilines is 1. The van der Waals surface area contributed by atoms with E-state index < -0.39 is 11.4 Å². The topological polar surface area (TPSA) is 92.2 Å². The van der Waals surface area contributed by atoms with Crippen molar-refractivity contribution in [1.82, 2.24) is 9.97 Å². The van der Waals surface area contributed by atoms with E-state index in [1.807, 2.05) is 90.1 Å². The lowest BCUT2D eigenvalue weighted by atomic mass is 9.76. The van der Waals surface area contributed by atoms with Crippen molar-refractivity contribution in [3.63, 3.8) is 0 Å². The molecular weight excluding hydrogens is 594 g/mol. The van der Waals surface area contributed by atoms with Gasteiger partial charge in [0.2, 0.25) is 0 Å². The van der Waals surface area contributed by atoms with E-state index in [9.17, 15) is 9.59 Å². The summed E-state index contributed by atoms with van der Waals surface area (Å²) < 4.78 is 0. The van der Waals surface area contributed by atoms with Crippen LogP contribution in [0.1, 0.15) is 119 Å². The second kappa shape index (κ2) is 18.6. The molecule has 0 amide bonds. The number of nitrogens with zero attached hydrogens (tertiary/aromatic N) is 2. The molecule has 1 aliphatic carbocycles. The molecule has 0 unspecified atom stereocenters. The zero-order valence-electron chi connectivity index (χ0n) is 29.3. The number of carboxylic acid groups (broad SMARTS) is 1. The van der Waals surface area contributed by atoms with E-state index in [-0.39, 0.29) is 6.42 Å². The SMILES string of the molecule is C/C=C(/c1nc(C)c([C@@](C)(C=O)c2ccc(CCC(=O)O)cc2)c(NC)n1)c1ccc(Cl)cc1C.CC.CCC1CCC(C)CC1. The maximum atomic E-state index is 12.5. The summed E-state index contributed by atoms with van der Waals surface area (Å²) in [5.41, 5.74) is 4.94. The number of aliphatic carboxylic acids is 1. The number of carboxylic acids is 1. The van der Waals surface area contributed by atoms with Gasteiger partial charge in [-0.25, -0.2) is 9.97 Å². The van der Waals surface area contributed by atoms with Crippen LogP contribution >= 0.6 is 11.6 Å². The third kappa shape index (κ3) is 9.99. The molecule has 0 spiro atoms. The molecule has 250 valence electrons. The Hall–Kier alpha value is -3.51. The van der Waals surface area contributed by atoms with Crippen molar-refractivity contribution in [2.75, 3.05) is 12.4 Å². The summed E-state index contributed by atoms with van der Waals surface area (Å²) in [6.07, 6.45) is 10.7. The lowest BCUT2D eigenvalue weighted by molar-refractivity contribution is -0.137. The maximum Gasteiger partial charge on any atom is 0.303 e. The molecule has 1 aliphatic rings. The van der Waals surface area contributed by atoms with Crippen LogP contribution in [0.3, 0.4) is 0 Å². The Bertz CT molecular complexity index is 1460. The predicted octanol–water partition coefficient (Wildman–Crippen LogP) is 10.0. The van der Waals surface area contributed by atoms with Gasteiger partial charge in [0.05, 0.1) is 5.41 Å². The van der Waals surface area contributed by atoms with Crippen LogP contribution in [-0.4, -0.2) is 34.4 Å². The van der Waals surface area contributed by atoms with E-state index in [0.717, 1.165) is 45.9 Å². The minimum Gasteiger partial charge on any atom is -0.481 e. The van der Waals surface area contributed by atoms with Crippen LogP contribution in [0, 0.1) is 25.7 Å². The van der Waals surface area contributed by atoms with Gasteiger partial charge >= 0.3 is 5.97 Å². The highest BCUT2D eigenvalue weighted by molar-refractivity contribution is 6.30. The molecule has 3 aromatic rings. The second-order valence-corrected chi connectivity index (χ2v) is 12.6. The van der Waals surface area contributed by atoms with Crippen molar-refractivity contribution in [3.05, 3.63) is 92.9 Å². The fraction of sp³-hybridized carbons (Fsp3) is 0.487. The van der Waals surface area contributed by atoms with Crippen LogP contribution in [0.25, 0.3) is 5.57 Å². The van der Waals surface area contributed by atoms with Crippen LogP contribution in [0.15, 0.2) is 48.5 Å². The molecule has 1 aromatic heterocycles. The number of aromatic nitrogens is 2. The molecule has 1 heterocycles. The van der Waals surface area contributed by atoms with E-state index in [0.29, 0.717) is 34.3 Å². The molecule has 1 saturated carbocycles. The molecule has 2 N–H and O–H groups in total. The normalized spacial score (nSPS) is 17.4. The van der Waals surface area contributed by atoms with Gasteiger partial charge in [-0.2, -0.15) is 0 Å². The Kier molecular flexibility index (Phi) is 15.6. The van der Waals surface area contributed by atoms with Gasteiger partial charge < -0.3 is 15.2 Å². The molecule has 46 heavy (non-hydrogen) atoms. The monoisotopic (exact) mass is 647 g/mol. The van der Waals surface area contributed by atoms with Crippen LogP contribution in [0.2, 0.25) is 5.02 Å². The Labute approximate surface area is 282 Å². The number of halogens is 1. The van der Waals surface area contributed by atoms with Crippen LogP contribution in [-0.2, 0) is 21.4 Å². The molecule has 6 nitrogen and oxygen atoms in total. The average Bonchev–Trinajstić information content (AvgIpc) is 3.06. The molecule has 4 rings (SSSR count). The number of carbonyl (C=O) groups excluding carboxylic acids is 1. The van der Waals surface area contributed by atoms with Crippen LogP contribution in [0.4, 0.5) is 5.82 Å². The van der Waals surface area contributed by atoms with Gasteiger partial charge in [0.25, 0.3) is 0 Å². The fourth-order valence-electron chi connectivity index (χ4n) is 6.11. The number of aryl methyl sites for hydroxylation is 3. The van der Waals surface area contributed by atoms with Crippen LogP contribution < -0.4 is 5.32 Å². The smallest absolute Gasteiger partial charge is 0.303 e. The van der Waals surface area contributed by atoms with Crippen molar-refractivity contribution < 1.29 is 14.7 Å². The third-order valence-electron chi connectivity index (χ3n) is 8.98. The van der Waals surface area contributed by atoms with Gasteiger partial charge in [0, 0.05) is 35.3 Å². The Morgan fingerprint density at radius 2 is 1.70 bits per heavy atom. The number of hydrogen-bond acceptors (Lipinski definition) is 5. The first-order chi connectivity index (χ1) is 22.0. The van der Waals surface area contributed by atoms with Crippen molar-refractivity contribution >= 4 is 35.2 Å². The van der Waals surface area contributed by atoms with Gasteiger partial charge in [-0.15, -0.1) is 0 Å². The quantitative estimate of drug-likeness (QED) is 0.213. The van der Waals surface area contributed by atoms with Gasteiger partial charge in [0.1, 0.15) is 12.1 Å². The molecule has 0 bridgehead atoms. The zero-order valence-corrected chi connectivity index (χ0v) is 30.1. The minimum atomic E-state index is -1.00. The maximum absolute atomic E-state index is 12.5. The number of hydrogen-bond donors (Lipinski definition) is 2. The summed E-state index contributed by atoms with van der Waals surface area (Å²) in [6, 6.07) is 13.2. The second-order valence-electron chi connectivity index (χ2n) is 12.2. The summed E-state index contributed by atoms with van der Waals surface area (Å²) in [7, 11) is 1.78. The number of benzene rings is 2. The van der Waals surface area contributed by atoms with E-state index in [1.165, 1.54) is 32.1 Å². The molecule has 7 heteroatoms. The van der Waals surface area contributed by atoms with E-state index in [1.54, 1.807) is 7.05 Å². The Morgan fingerprint density at radius 3 is 2.20 bits per heavy atom. The summed E-state index contributed by atoms with van der Waals surface area (Å²) in [4.78, 5) is 33.1. The molecule has 0 aliphatic heterocycles. The number of rotatable bonds is 10. The largest absolute Gasteiger partial charge is 0.481 e. The minimum absolute atomic E-state index is 0.0585. The Balaban J connectivity index is 0.000000569. The lowest BCUT2D eigenvalue weighted by Crippen LogP contribution is -2.29. The summed E-state index contributed by atoms with van der Waals surface area (Å²) in [6.45, 7) is 16.4. The van der Waals surface area contributed by atoms with Crippen LogP contribution in [0.5, 0.6) is 0 Å². The van der Waals surface area contributed by atoms with Gasteiger partial charge in [-0.05, 0) is 80.3 Å². The first-order valence-corrected chi connectivity index (χ1v) is 17.1. The number of allylic oxidation sites excluding steroid dienone is 1. The van der Waals surface area contributed by atoms with Gasteiger partial charge in [-0.1, -0.05) is 108 Å². The van der Waals surface area contributed by atoms with Gasteiger partial charge in [0.15, 0.2) is 5.82 Å². The third-order valence-corrected chi connectivity index (χ3v) is 9.22. The number of aldehydes is 1. The molecular formula is C39H54ClN3O3. The summed E-state index contributed by atoms with van der Waals surface area (Å²) in [5.74, 6) is 2.38. The Morgan fingerprint density at radius 1 is 1.07 bits per heavy atom.